The molecule has 0 radical (unpaired) electrons. The van der Waals surface area contributed by atoms with Crippen LogP contribution in [0.5, 0.6) is 5.75 Å². The first kappa shape index (κ1) is 15.0. The number of benzene rings is 1. The van der Waals surface area contributed by atoms with Gasteiger partial charge in [-0.15, -0.1) is 0 Å². The minimum absolute atomic E-state index is 0.176. The molecule has 1 rings (SSSR count). The summed E-state index contributed by atoms with van der Waals surface area (Å²) in [6.45, 7) is 3.33. The Kier molecular flexibility index (Phi) is 5.79. The molecule has 0 bridgehead atoms. The van der Waals surface area contributed by atoms with E-state index < -0.39 is 5.97 Å². The Labute approximate surface area is 112 Å². The first-order valence-corrected chi connectivity index (χ1v) is 6.10. The van der Waals surface area contributed by atoms with Gasteiger partial charge in [0.25, 0.3) is 0 Å². The van der Waals surface area contributed by atoms with Crippen molar-refractivity contribution in [2.45, 2.75) is 26.7 Å². The van der Waals surface area contributed by atoms with Gasteiger partial charge in [-0.3, -0.25) is 0 Å². The topological polar surface area (TPSA) is 63.6 Å². The van der Waals surface area contributed by atoms with Gasteiger partial charge < -0.3 is 14.6 Å². The summed E-state index contributed by atoms with van der Waals surface area (Å²) in [5.41, 5.74) is 1.35. The van der Waals surface area contributed by atoms with Crippen LogP contribution in [0.4, 0.5) is 0 Å². The molecular weight excluding hydrogens is 244 g/mol. The number of Topliss-reactive ketones (excluding diaryl/α,β-unsaturated/α-hetero) is 1. The first-order valence-electron chi connectivity index (χ1n) is 6.10. The zero-order chi connectivity index (χ0) is 14.3. The number of aryl methyl sites for hydroxylation is 1. The number of carbonyl (C=O) groups excluding carboxylic acids is 1. The minimum Gasteiger partial charge on any atom is -0.490 e. The Balaban J connectivity index is 2.46. The lowest BCUT2D eigenvalue weighted by Gasteiger charge is -2.05. The molecule has 0 spiro atoms. The standard InChI is InChI=1S/C15H18O4/c1-11(15(17)18)9-10-19-14-7-5-13(6-8-14)4-3-12(2)16/h5-9H,3-4,10H2,1-2H3,(H,17,18). The second-order valence-corrected chi connectivity index (χ2v) is 4.35. The number of hydrogen-bond donors (Lipinski definition) is 1. The molecule has 0 fully saturated rings. The summed E-state index contributed by atoms with van der Waals surface area (Å²) in [5.74, 6) is -0.0844. The number of aliphatic carboxylic acids is 1. The lowest BCUT2D eigenvalue weighted by atomic mass is 10.1. The minimum atomic E-state index is -0.941. The maximum Gasteiger partial charge on any atom is 0.331 e. The van der Waals surface area contributed by atoms with E-state index in [-0.39, 0.29) is 18.0 Å². The van der Waals surface area contributed by atoms with Crippen molar-refractivity contribution in [1.82, 2.24) is 0 Å². The highest BCUT2D eigenvalue weighted by atomic mass is 16.5. The van der Waals surface area contributed by atoms with Gasteiger partial charge in [0, 0.05) is 12.0 Å². The van der Waals surface area contributed by atoms with E-state index in [4.69, 9.17) is 9.84 Å². The zero-order valence-corrected chi connectivity index (χ0v) is 11.2. The van der Waals surface area contributed by atoms with Crippen LogP contribution in [0.3, 0.4) is 0 Å². The van der Waals surface area contributed by atoms with Crippen molar-refractivity contribution < 1.29 is 19.4 Å². The molecule has 0 aliphatic heterocycles. The number of carboxylic acid groups (broad SMARTS) is 1. The van der Waals surface area contributed by atoms with E-state index in [1.165, 1.54) is 13.0 Å². The molecule has 0 saturated carbocycles. The average Bonchev–Trinajstić information content (AvgIpc) is 2.37. The van der Waals surface area contributed by atoms with E-state index in [1.54, 1.807) is 6.92 Å². The van der Waals surface area contributed by atoms with Gasteiger partial charge in [0.2, 0.25) is 0 Å². The van der Waals surface area contributed by atoms with Gasteiger partial charge in [-0.05, 0) is 44.0 Å². The molecule has 4 heteroatoms. The highest BCUT2D eigenvalue weighted by Gasteiger charge is 2.00. The fourth-order valence-corrected chi connectivity index (χ4v) is 1.42. The highest BCUT2D eigenvalue weighted by molar-refractivity contribution is 5.85. The van der Waals surface area contributed by atoms with Crippen LogP contribution in [-0.2, 0) is 16.0 Å². The number of carbonyl (C=O) groups is 2. The summed E-state index contributed by atoms with van der Waals surface area (Å²) in [5, 5.41) is 8.67. The third-order valence-electron chi connectivity index (χ3n) is 2.67. The summed E-state index contributed by atoms with van der Waals surface area (Å²) in [7, 11) is 0. The van der Waals surface area contributed by atoms with Crippen molar-refractivity contribution in [2.24, 2.45) is 0 Å². The number of hydrogen-bond acceptors (Lipinski definition) is 3. The molecule has 102 valence electrons. The molecule has 1 aromatic rings. The smallest absolute Gasteiger partial charge is 0.331 e. The fraction of sp³-hybridized carbons (Fsp3) is 0.333. The lowest BCUT2D eigenvalue weighted by molar-refractivity contribution is -0.132. The van der Waals surface area contributed by atoms with Crippen LogP contribution < -0.4 is 4.74 Å². The predicted molar refractivity (Wildman–Crippen MR) is 72.3 cm³/mol. The monoisotopic (exact) mass is 262 g/mol. The molecule has 4 nitrogen and oxygen atoms in total. The Bertz CT molecular complexity index is 471. The van der Waals surface area contributed by atoms with Crippen LogP contribution in [0, 0.1) is 0 Å². The summed E-state index contributed by atoms with van der Waals surface area (Å²) in [6.07, 6.45) is 2.79. The molecule has 1 N–H and O–H groups in total. The van der Waals surface area contributed by atoms with E-state index >= 15 is 0 Å². The second-order valence-electron chi connectivity index (χ2n) is 4.35. The van der Waals surface area contributed by atoms with Crippen LogP contribution in [0.2, 0.25) is 0 Å². The van der Waals surface area contributed by atoms with Gasteiger partial charge in [0.05, 0.1) is 0 Å². The van der Waals surface area contributed by atoms with Gasteiger partial charge in [-0.25, -0.2) is 4.79 Å². The van der Waals surface area contributed by atoms with Crippen LogP contribution >= 0.6 is 0 Å². The lowest BCUT2D eigenvalue weighted by Crippen LogP contribution is -2.00. The molecule has 0 heterocycles. The molecule has 0 unspecified atom stereocenters. The maximum absolute atomic E-state index is 10.9. The van der Waals surface area contributed by atoms with E-state index in [0.29, 0.717) is 12.2 Å². The van der Waals surface area contributed by atoms with Crippen molar-refractivity contribution in [3.63, 3.8) is 0 Å². The number of ketones is 1. The van der Waals surface area contributed by atoms with E-state index in [1.807, 2.05) is 24.3 Å². The Hall–Kier alpha value is -2.10. The Morgan fingerprint density at radius 2 is 1.84 bits per heavy atom. The summed E-state index contributed by atoms with van der Waals surface area (Å²) in [4.78, 5) is 21.4. The van der Waals surface area contributed by atoms with Crippen molar-refractivity contribution >= 4 is 11.8 Å². The summed E-state index contributed by atoms with van der Waals surface area (Å²) >= 11 is 0. The van der Waals surface area contributed by atoms with Crippen LogP contribution in [0.1, 0.15) is 25.8 Å². The summed E-state index contributed by atoms with van der Waals surface area (Å²) < 4.78 is 5.40. The third-order valence-corrected chi connectivity index (χ3v) is 2.67. The van der Waals surface area contributed by atoms with Crippen LogP contribution in [0.25, 0.3) is 0 Å². The Morgan fingerprint density at radius 1 is 1.21 bits per heavy atom. The second kappa shape index (κ2) is 7.36. The van der Waals surface area contributed by atoms with Gasteiger partial charge in [-0.1, -0.05) is 12.1 Å². The molecule has 0 aliphatic rings. The molecule has 0 aromatic heterocycles. The van der Waals surface area contributed by atoms with Crippen molar-refractivity contribution in [3.05, 3.63) is 41.5 Å². The van der Waals surface area contributed by atoms with Crippen molar-refractivity contribution in [2.75, 3.05) is 6.61 Å². The van der Waals surface area contributed by atoms with Gasteiger partial charge in [0.1, 0.15) is 18.1 Å². The van der Waals surface area contributed by atoms with E-state index in [2.05, 4.69) is 0 Å². The largest absolute Gasteiger partial charge is 0.490 e. The Morgan fingerprint density at radius 3 is 2.37 bits per heavy atom. The van der Waals surface area contributed by atoms with Crippen LogP contribution in [-0.4, -0.2) is 23.5 Å². The SMILES string of the molecule is CC(=O)CCc1ccc(OCC=C(C)C(=O)O)cc1. The van der Waals surface area contributed by atoms with Gasteiger partial charge in [-0.2, -0.15) is 0 Å². The van der Waals surface area contributed by atoms with E-state index in [0.717, 1.165) is 12.0 Å². The third kappa shape index (κ3) is 5.86. The normalized spacial score (nSPS) is 11.2. The zero-order valence-electron chi connectivity index (χ0n) is 11.2. The molecular formula is C15H18O4. The molecule has 0 atom stereocenters. The number of ether oxygens (including phenoxy) is 1. The van der Waals surface area contributed by atoms with Crippen molar-refractivity contribution in [1.29, 1.82) is 0 Å². The van der Waals surface area contributed by atoms with Crippen molar-refractivity contribution in [3.8, 4) is 5.75 Å². The van der Waals surface area contributed by atoms with Gasteiger partial charge >= 0.3 is 5.97 Å². The quantitative estimate of drug-likeness (QED) is 0.767. The number of carboxylic acids is 1. The predicted octanol–water partition coefficient (Wildman–Crippen LogP) is 2.62. The summed E-state index contributed by atoms with van der Waals surface area (Å²) in [6, 6.07) is 7.46. The van der Waals surface area contributed by atoms with Gasteiger partial charge in [0.15, 0.2) is 0 Å². The fourth-order valence-electron chi connectivity index (χ4n) is 1.42. The first-order chi connectivity index (χ1) is 8.99. The molecule has 0 amide bonds. The maximum atomic E-state index is 10.9. The van der Waals surface area contributed by atoms with E-state index in [9.17, 15) is 9.59 Å². The molecule has 19 heavy (non-hydrogen) atoms. The molecule has 0 aliphatic carbocycles. The molecule has 1 aromatic carbocycles. The average molecular weight is 262 g/mol. The molecule has 0 saturated heterocycles. The highest BCUT2D eigenvalue weighted by Crippen LogP contribution is 2.13. The van der Waals surface area contributed by atoms with Crippen LogP contribution in [0.15, 0.2) is 35.9 Å². The number of rotatable bonds is 7.